The van der Waals surface area contributed by atoms with E-state index < -0.39 is 0 Å². The second-order valence-corrected chi connectivity index (χ2v) is 4.90. The van der Waals surface area contributed by atoms with Crippen molar-refractivity contribution < 1.29 is 9.90 Å². The molecule has 2 aromatic carbocycles. The Morgan fingerprint density at radius 3 is 2.50 bits per heavy atom. The molecular formula is C14H12BrNO2. The molecule has 18 heavy (non-hydrogen) atoms. The molecule has 0 radical (unpaired) electrons. The van der Waals surface area contributed by atoms with Gasteiger partial charge in [-0.15, -0.1) is 0 Å². The summed E-state index contributed by atoms with van der Waals surface area (Å²) in [6.45, 7) is 1.98. The third-order valence-corrected chi connectivity index (χ3v) is 3.01. The lowest BCUT2D eigenvalue weighted by Crippen LogP contribution is -2.12. The highest BCUT2D eigenvalue weighted by Crippen LogP contribution is 2.23. The summed E-state index contributed by atoms with van der Waals surface area (Å²) in [5, 5.41) is 12.4. The van der Waals surface area contributed by atoms with E-state index in [1.165, 1.54) is 6.07 Å². The van der Waals surface area contributed by atoms with Crippen LogP contribution < -0.4 is 5.32 Å². The van der Waals surface area contributed by atoms with Crippen molar-refractivity contribution in [3.8, 4) is 5.75 Å². The molecule has 0 aliphatic heterocycles. The van der Waals surface area contributed by atoms with Gasteiger partial charge in [-0.25, -0.2) is 0 Å². The molecular weight excluding hydrogens is 294 g/mol. The van der Waals surface area contributed by atoms with E-state index in [1.54, 1.807) is 12.1 Å². The lowest BCUT2D eigenvalue weighted by molar-refractivity contribution is 0.102. The van der Waals surface area contributed by atoms with Crippen LogP contribution in [0.25, 0.3) is 0 Å². The molecule has 1 amide bonds. The fourth-order valence-corrected chi connectivity index (χ4v) is 1.89. The Labute approximate surface area is 114 Å². The average molecular weight is 306 g/mol. The highest BCUT2D eigenvalue weighted by atomic mass is 79.9. The zero-order chi connectivity index (χ0) is 13.1. The van der Waals surface area contributed by atoms with Crippen LogP contribution in [0, 0.1) is 6.92 Å². The number of halogens is 1. The number of carbonyl (C=O) groups excluding carboxylic acids is 1. The third-order valence-electron chi connectivity index (χ3n) is 2.51. The van der Waals surface area contributed by atoms with Crippen LogP contribution in [0.5, 0.6) is 5.75 Å². The summed E-state index contributed by atoms with van der Waals surface area (Å²) in [4.78, 5) is 12.0. The predicted octanol–water partition coefficient (Wildman–Crippen LogP) is 3.72. The van der Waals surface area contributed by atoms with E-state index in [9.17, 15) is 9.90 Å². The van der Waals surface area contributed by atoms with E-state index in [1.807, 2.05) is 31.2 Å². The number of aromatic hydroxyl groups is 1. The molecule has 0 aliphatic carbocycles. The topological polar surface area (TPSA) is 49.3 Å². The number of rotatable bonds is 2. The van der Waals surface area contributed by atoms with E-state index in [0.29, 0.717) is 5.69 Å². The first kappa shape index (κ1) is 12.6. The van der Waals surface area contributed by atoms with Crippen LogP contribution in [-0.2, 0) is 0 Å². The molecule has 0 spiro atoms. The largest absolute Gasteiger partial charge is 0.507 e. The molecule has 92 valence electrons. The smallest absolute Gasteiger partial charge is 0.259 e. The molecule has 0 heterocycles. The Morgan fingerprint density at radius 2 is 1.83 bits per heavy atom. The van der Waals surface area contributed by atoms with Crippen LogP contribution >= 0.6 is 15.9 Å². The number of phenolic OH excluding ortho intramolecular Hbond substituents is 1. The first-order chi connectivity index (χ1) is 8.56. The Hall–Kier alpha value is -1.81. The second-order valence-electron chi connectivity index (χ2n) is 3.98. The van der Waals surface area contributed by atoms with Gasteiger partial charge in [-0.05, 0) is 37.3 Å². The molecule has 2 rings (SSSR count). The van der Waals surface area contributed by atoms with Crippen molar-refractivity contribution in [1.82, 2.24) is 0 Å². The maximum Gasteiger partial charge on any atom is 0.259 e. The van der Waals surface area contributed by atoms with Crippen molar-refractivity contribution in [1.29, 1.82) is 0 Å². The number of aryl methyl sites for hydroxylation is 1. The molecule has 0 atom stereocenters. The number of amides is 1. The fourth-order valence-electron chi connectivity index (χ4n) is 1.53. The van der Waals surface area contributed by atoms with Gasteiger partial charge in [-0.2, -0.15) is 0 Å². The van der Waals surface area contributed by atoms with E-state index in [0.717, 1.165) is 10.0 Å². The summed E-state index contributed by atoms with van der Waals surface area (Å²) in [5.41, 5.74) is 2.06. The maximum atomic E-state index is 12.0. The van der Waals surface area contributed by atoms with Crippen LogP contribution in [0.15, 0.2) is 46.9 Å². The van der Waals surface area contributed by atoms with Crippen molar-refractivity contribution in [2.75, 3.05) is 5.32 Å². The van der Waals surface area contributed by atoms with E-state index in [-0.39, 0.29) is 17.2 Å². The Balaban J connectivity index is 2.21. The van der Waals surface area contributed by atoms with Gasteiger partial charge in [0, 0.05) is 10.2 Å². The van der Waals surface area contributed by atoms with Crippen LogP contribution in [0.4, 0.5) is 5.69 Å². The van der Waals surface area contributed by atoms with Crippen molar-refractivity contribution in [2.24, 2.45) is 0 Å². The number of hydrogen-bond donors (Lipinski definition) is 2. The number of phenols is 1. The van der Waals surface area contributed by atoms with Crippen molar-refractivity contribution >= 4 is 27.5 Å². The molecule has 3 nitrogen and oxygen atoms in total. The van der Waals surface area contributed by atoms with Crippen LogP contribution in [0.1, 0.15) is 15.9 Å². The molecule has 2 N–H and O–H groups in total. The van der Waals surface area contributed by atoms with Gasteiger partial charge in [0.1, 0.15) is 5.75 Å². The van der Waals surface area contributed by atoms with Gasteiger partial charge in [0.15, 0.2) is 0 Å². The molecule has 0 fully saturated rings. The second kappa shape index (κ2) is 5.23. The number of benzene rings is 2. The minimum atomic E-state index is -0.336. The van der Waals surface area contributed by atoms with Gasteiger partial charge in [0.05, 0.1) is 5.56 Å². The number of anilines is 1. The minimum Gasteiger partial charge on any atom is -0.507 e. The number of hydrogen-bond acceptors (Lipinski definition) is 2. The molecule has 4 heteroatoms. The van der Waals surface area contributed by atoms with Crippen molar-refractivity contribution in [3.05, 3.63) is 58.1 Å². The van der Waals surface area contributed by atoms with E-state index >= 15 is 0 Å². The normalized spacial score (nSPS) is 10.1. The zero-order valence-corrected chi connectivity index (χ0v) is 11.4. The summed E-state index contributed by atoms with van der Waals surface area (Å²) in [6.07, 6.45) is 0. The predicted molar refractivity (Wildman–Crippen MR) is 74.9 cm³/mol. The Kier molecular flexibility index (Phi) is 3.67. The summed E-state index contributed by atoms with van der Waals surface area (Å²) in [6, 6.07) is 12.2. The average Bonchev–Trinajstić information content (AvgIpc) is 2.35. The molecule has 0 unspecified atom stereocenters. The van der Waals surface area contributed by atoms with Crippen molar-refractivity contribution in [2.45, 2.75) is 6.92 Å². The minimum absolute atomic E-state index is 0.0391. The highest BCUT2D eigenvalue weighted by Gasteiger charge is 2.11. The van der Waals surface area contributed by atoms with Crippen LogP contribution in [-0.4, -0.2) is 11.0 Å². The zero-order valence-electron chi connectivity index (χ0n) is 9.77. The fraction of sp³-hybridized carbons (Fsp3) is 0.0714. The van der Waals surface area contributed by atoms with Gasteiger partial charge in [-0.3, -0.25) is 4.79 Å². The number of carbonyl (C=O) groups is 1. The van der Waals surface area contributed by atoms with E-state index in [2.05, 4.69) is 21.2 Å². The maximum absolute atomic E-state index is 12.0. The molecule has 2 aromatic rings. The summed E-state index contributed by atoms with van der Waals surface area (Å²) in [7, 11) is 0. The van der Waals surface area contributed by atoms with E-state index in [4.69, 9.17) is 0 Å². The third kappa shape index (κ3) is 2.90. The van der Waals surface area contributed by atoms with Gasteiger partial charge < -0.3 is 10.4 Å². The van der Waals surface area contributed by atoms with Gasteiger partial charge in [0.2, 0.25) is 0 Å². The lowest BCUT2D eigenvalue weighted by atomic mass is 10.1. The summed E-state index contributed by atoms with van der Waals surface area (Å²) in [5.74, 6) is -0.375. The first-order valence-electron chi connectivity index (χ1n) is 5.43. The summed E-state index contributed by atoms with van der Waals surface area (Å²) >= 11 is 3.27. The SMILES string of the molecule is Cc1ccc(NC(=O)c2cc(Br)ccc2O)cc1. The molecule has 0 saturated carbocycles. The van der Waals surface area contributed by atoms with Gasteiger partial charge in [-0.1, -0.05) is 33.6 Å². The van der Waals surface area contributed by atoms with Crippen LogP contribution in [0.3, 0.4) is 0 Å². The highest BCUT2D eigenvalue weighted by molar-refractivity contribution is 9.10. The molecule has 0 aromatic heterocycles. The quantitative estimate of drug-likeness (QED) is 0.888. The number of nitrogens with one attached hydrogen (secondary N) is 1. The Morgan fingerprint density at radius 1 is 1.17 bits per heavy atom. The Bertz CT molecular complexity index is 579. The standard InChI is InChI=1S/C14H12BrNO2/c1-9-2-5-11(6-3-9)16-14(18)12-8-10(15)4-7-13(12)17/h2-8,17H,1H3,(H,16,18). The van der Waals surface area contributed by atoms with Crippen molar-refractivity contribution in [3.63, 3.8) is 0 Å². The van der Waals surface area contributed by atoms with Crippen LogP contribution in [0.2, 0.25) is 0 Å². The molecule has 0 saturated heterocycles. The lowest BCUT2D eigenvalue weighted by Gasteiger charge is -2.07. The molecule has 0 aliphatic rings. The van der Waals surface area contributed by atoms with Gasteiger partial charge >= 0.3 is 0 Å². The first-order valence-corrected chi connectivity index (χ1v) is 6.22. The molecule has 0 bridgehead atoms. The van der Waals surface area contributed by atoms with Gasteiger partial charge in [0.25, 0.3) is 5.91 Å². The monoisotopic (exact) mass is 305 g/mol. The summed E-state index contributed by atoms with van der Waals surface area (Å²) < 4.78 is 0.745.